The van der Waals surface area contributed by atoms with E-state index in [1.807, 2.05) is 17.0 Å². The number of likely N-dealkylation sites (tertiary alicyclic amines) is 1. The van der Waals surface area contributed by atoms with E-state index >= 15 is 0 Å². The van der Waals surface area contributed by atoms with Gasteiger partial charge in [0.2, 0.25) is 5.91 Å². The minimum atomic E-state index is 0.165. The number of nitrogens with one attached hydrogen (secondary N) is 1. The van der Waals surface area contributed by atoms with Crippen molar-refractivity contribution in [2.45, 2.75) is 33.7 Å². The maximum Gasteiger partial charge on any atom is 0.223 e. The molecule has 0 aliphatic carbocycles. The maximum atomic E-state index is 12.0. The van der Waals surface area contributed by atoms with E-state index in [1.54, 1.807) is 6.07 Å². The van der Waals surface area contributed by atoms with Crippen LogP contribution in [0.5, 0.6) is 0 Å². The summed E-state index contributed by atoms with van der Waals surface area (Å²) in [5, 5.41) is 0. The summed E-state index contributed by atoms with van der Waals surface area (Å²) in [6, 6.07) is 5.60. The van der Waals surface area contributed by atoms with Gasteiger partial charge in [-0.3, -0.25) is 4.79 Å². The Kier molecular flexibility index (Phi) is 3.75. The zero-order chi connectivity index (χ0) is 14.0. The highest BCUT2D eigenvalue weighted by atomic mass is 16.2. The van der Waals surface area contributed by atoms with Crippen LogP contribution in [0.15, 0.2) is 18.2 Å². The average molecular weight is 262 g/mol. The quantitative estimate of drug-likeness (QED) is 0.643. The Labute approximate surface area is 114 Å². The fraction of sp³-hybridized carbons (Fsp3) is 0.571. The zero-order valence-electron chi connectivity index (χ0n) is 11.8. The van der Waals surface area contributed by atoms with E-state index < -0.39 is 0 Å². The third kappa shape index (κ3) is 3.23. The molecule has 2 rings (SSSR count). The molecule has 3 N–H and O–H groups in total. The van der Waals surface area contributed by atoms with Gasteiger partial charge in [-0.1, -0.05) is 26.8 Å². The number of hydrazine groups is 1. The predicted molar refractivity (Wildman–Crippen MR) is 75.0 cm³/mol. The first kappa shape index (κ1) is 13.8. The second-order valence-electron chi connectivity index (χ2n) is 6.20. The van der Waals surface area contributed by atoms with Gasteiger partial charge in [-0.05, 0) is 23.5 Å². The summed E-state index contributed by atoms with van der Waals surface area (Å²) < 4.78 is 0. The van der Waals surface area contributed by atoms with Gasteiger partial charge in [0.25, 0.3) is 0 Å². The van der Waals surface area contributed by atoms with Gasteiger partial charge in [-0.15, -0.1) is 0 Å². The lowest BCUT2D eigenvalue weighted by Crippen LogP contribution is -2.27. The lowest BCUT2D eigenvalue weighted by molar-refractivity contribution is -0.128. The smallest absolute Gasteiger partial charge is 0.223 e. The van der Waals surface area contributed by atoms with Crippen molar-refractivity contribution < 1.29 is 4.79 Å². The molecule has 2 heterocycles. The number of amides is 1. The molecule has 19 heavy (non-hydrogen) atoms. The molecule has 0 spiro atoms. The molecule has 1 amide bonds. The molecule has 104 valence electrons. The van der Waals surface area contributed by atoms with Crippen LogP contribution in [0.25, 0.3) is 0 Å². The van der Waals surface area contributed by atoms with Crippen LogP contribution in [-0.2, 0) is 11.3 Å². The monoisotopic (exact) mass is 262 g/mol. The summed E-state index contributed by atoms with van der Waals surface area (Å²) in [4.78, 5) is 18.3. The van der Waals surface area contributed by atoms with Crippen LogP contribution in [0.4, 0.5) is 5.82 Å². The van der Waals surface area contributed by atoms with Crippen molar-refractivity contribution in [2.75, 3.05) is 12.0 Å². The third-order valence-electron chi connectivity index (χ3n) is 3.75. The van der Waals surface area contributed by atoms with Crippen LogP contribution in [0.3, 0.4) is 0 Å². The molecule has 0 bridgehead atoms. The highest BCUT2D eigenvalue weighted by Crippen LogP contribution is 2.34. The summed E-state index contributed by atoms with van der Waals surface area (Å²) in [5.41, 5.74) is 3.55. The number of carbonyl (C=O) groups excluding carboxylic acids is 1. The lowest BCUT2D eigenvalue weighted by atomic mass is 9.80. The molecule has 1 aliphatic rings. The van der Waals surface area contributed by atoms with E-state index in [9.17, 15) is 4.79 Å². The van der Waals surface area contributed by atoms with Gasteiger partial charge in [0.15, 0.2) is 0 Å². The molecule has 0 saturated carbocycles. The van der Waals surface area contributed by atoms with Gasteiger partial charge < -0.3 is 10.3 Å². The van der Waals surface area contributed by atoms with Crippen molar-refractivity contribution in [3.8, 4) is 0 Å². The fourth-order valence-electron chi connectivity index (χ4n) is 2.35. The van der Waals surface area contributed by atoms with E-state index in [0.717, 1.165) is 12.2 Å². The van der Waals surface area contributed by atoms with Crippen LogP contribution >= 0.6 is 0 Å². The first-order valence-electron chi connectivity index (χ1n) is 6.60. The number of hydrogen-bond acceptors (Lipinski definition) is 4. The number of hydrogen-bond donors (Lipinski definition) is 2. The number of aromatic nitrogens is 1. The largest absolute Gasteiger partial charge is 0.336 e. The maximum absolute atomic E-state index is 12.0. The summed E-state index contributed by atoms with van der Waals surface area (Å²) in [5.74, 6) is 6.59. The van der Waals surface area contributed by atoms with Crippen LogP contribution in [0.2, 0.25) is 0 Å². The molecule has 0 radical (unpaired) electrons. The van der Waals surface area contributed by atoms with Gasteiger partial charge in [0.05, 0.1) is 12.2 Å². The minimum Gasteiger partial charge on any atom is -0.336 e. The van der Waals surface area contributed by atoms with E-state index in [1.165, 1.54) is 0 Å². The first-order valence-corrected chi connectivity index (χ1v) is 6.60. The normalized spacial score (nSPS) is 19.9. The van der Waals surface area contributed by atoms with Crippen molar-refractivity contribution in [2.24, 2.45) is 17.2 Å². The summed E-state index contributed by atoms with van der Waals surface area (Å²) in [6.07, 6.45) is 0.637. The molecule has 1 saturated heterocycles. The minimum absolute atomic E-state index is 0.165. The second kappa shape index (κ2) is 5.17. The van der Waals surface area contributed by atoms with E-state index in [0.29, 0.717) is 24.7 Å². The topological polar surface area (TPSA) is 71.2 Å². The first-order chi connectivity index (χ1) is 8.90. The number of anilines is 1. The molecule has 1 unspecified atom stereocenters. The van der Waals surface area contributed by atoms with Crippen molar-refractivity contribution in [1.82, 2.24) is 9.88 Å². The molecule has 1 aromatic heterocycles. The van der Waals surface area contributed by atoms with Crippen LogP contribution in [-0.4, -0.2) is 22.3 Å². The average Bonchev–Trinajstić information content (AvgIpc) is 2.71. The molecule has 5 nitrogen and oxygen atoms in total. The standard InChI is InChI=1S/C14H22N4O/c1-14(2,3)10-7-13(19)18(8-10)9-11-5-4-6-12(16-11)17-15/h4-6,10H,7-9,15H2,1-3H3,(H,16,17). The van der Waals surface area contributed by atoms with Crippen molar-refractivity contribution in [3.05, 3.63) is 23.9 Å². The molecular formula is C14H22N4O. The van der Waals surface area contributed by atoms with Gasteiger partial charge in [0.1, 0.15) is 5.82 Å². The Bertz CT molecular complexity index is 467. The van der Waals surface area contributed by atoms with E-state index in [4.69, 9.17) is 5.84 Å². The number of nitrogen functional groups attached to an aromatic ring is 1. The second-order valence-corrected chi connectivity index (χ2v) is 6.20. The number of rotatable bonds is 3. The molecule has 0 aromatic carbocycles. The predicted octanol–water partition coefficient (Wildman–Crippen LogP) is 1.76. The Hall–Kier alpha value is -1.62. The molecule has 1 aromatic rings. The Balaban J connectivity index is 2.05. The number of nitrogens with zero attached hydrogens (tertiary/aromatic N) is 2. The van der Waals surface area contributed by atoms with E-state index in [-0.39, 0.29) is 11.3 Å². The number of pyridine rings is 1. The summed E-state index contributed by atoms with van der Waals surface area (Å²) in [7, 11) is 0. The van der Waals surface area contributed by atoms with E-state index in [2.05, 4.69) is 31.2 Å². The molecule has 1 fully saturated rings. The number of carbonyl (C=O) groups is 1. The van der Waals surface area contributed by atoms with Crippen molar-refractivity contribution >= 4 is 11.7 Å². The van der Waals surface area contributed by atoms with Gasteiger partial charge in [-0.25, -0.2) is 10.8 Å². The van der Waals surface area contributed by atoms with Crippen LogP contribution in [0, 0.1) is 11.3 Å². The van der Waals surface area contributed by atoms with Gasteiger partial charge in [0, 0.05) is 13.0 Å². The Morgan fingerprint density at radius 2 is 2.21 bits per heavy atom. The highest BCUT2D eigenvalue weighted by Gasteiger charge is 2.36. The third-order valence-corrected chi connectivity index (χ3v) is 3.75. The van der Waals surface area contributed by atoms with Gasteiger partial charge >= 0.3 is 0 Å². The van der Waals surface area contributed by atoms with Crippen molar-refractivity contribution in [3.63, 3.8) is 0 Å². The Morgan fingerprint density at radius 3 is 2.79 bits per heavy atom. The summed E-state index contributed by atoms with van der Waals surface area (Å²) >= 11 is 0. The highest BCUT2D eigenvalue weighted by molar-refractivity contribution is 5.78. The lowest BCUT2D eigenvalue weighted by Gasteiger charge is -2.26. The molecule has 5 heteroatoms. The SMILES string of the molecule is CC(C)(C)C1CC(=O)N(Cc2cccc(NN)n2)C1. The zero-order valence-corrected chi connectivity index (χ0v) is 11.8. The Morgan fingerprint density at radius 1 is 1.47 bits per heavy atom. The molecule has 1 aliphatic heterocycles. The van der Waals surface area contributed by atoms with Crippen LogP contribution in [0.1, 0.15) is 32.9 Å². The fourth-order valence-corrected chi connectivity index (χ4v) is 2.35. The van der Waals surface area contributed by atoms with Crippen LogP contribution < -0.4 is 11.3 Å². The van der Waals surface area contributed by atoms with Crippen molar-refractivity contribution in [1.29, 1.82) is 0 Å². The van der Waals surface area contributed by atoms with Gasteiger partial charge in [-0.2, -0.15) is 0 Å². The number of nitrogens with two attached hydrogens (primary N) is 1. The molecule has 1 atom stereocenters. The molecular weight excluding hydrogens is 240 g/mol. The summed E-state index contributed by atoms with van der Waals surface area (Å²) in [6.45, 7) is 7.92.